The summed E-state index contributed by atoms with van der Waals surface area (Å²) in [7, 11) is 1.66. The number of nitrogens with two attached hydrogens (primary N) is 1. The van der Waals surface area contributed by atoms with Crippen molar-refractivity contribution in [3.8, 4) is 5.75 Å². The Balaban J connectivity index is 0.00000288. The van der Waals surface area contributed by atoms with Gasteiger partial charge in [-0.1, -0.05) is 37.8 Å². The second kappa shape index (κ2) is 12.4. The smallest absolute Gasteiger partial charge is 0.189 e. The molecule has 1 aromatic rings. The lowest BCUT2D eigenvalue weighted by atomic mass is 10.1. The van der Waals surface area contributed by atoms with Crippen molar-refractivity contribution in [2.24, 2.45) is 10.7 Å². The summed E-state index contributed by atoms with van der Waals surface area (Å²) >= 11 is 0. The molecule has 0 aromatic heterocycles. The molecule has 1 aliphatic carbocycles. The SMILES string of the molecule is COCCOc1ccc(CN=C(N)NC2CCCCCC2)cc1.I. The number of methoxy groups -OCH3 is 1. The second-order valence-corrected chi connectivity index (χ2v) is 6.02. The first kappa shape index (κ1) is 21.0. The third-order valence-electron chi connectivity index (χ3n) is 4.12. The van der Waals surface area contributed by atoms with E-state index in [2.05, 4.69) is 10.3 Å². The number of halogens is 1. The van der Waals surface area contributed by atoms with Crippen LogP contribution < -0.4 is 15.8 Å². The summed E-state index contributed by atoms with van der Waals surface area (Å²) in [6.07, 6.45) is 7.65. The zero-order valence-corrected chi connectivity index (χ0v) is 16.8. The normalized spacial score (nSPS) is 16.1. The zero-order chi connectivity index (χ0) is 16.3. The maximum atomic E-state index is 6.01. The van der Waals surface area contributed by atoms with Crippen molar-refractivity contribution in [1.29, 1.82) is 0 Å². The second-order valence-electron chi connectivity index (χ2n) is 6.02. The summed E-state index contributed by atoms with van der Waals surface area (Å²) in [5, 5.41) is 3.36. The van der Waals surface area contributed by atoms with Gasteiger partial charge in [0.05, 0.1) is 13.2 Å². The predicted molar refractivity (Wildman–Crippen MR) is 109 cm³/mol. The molecule has 0 saturated heterocycles. The van der Waals surface area contributed by atoms with Gasteiger partial charge in [-0.05, 0) is 30.5 Å². The van der Waals surface area contributed by atoms with E-state index in [1.54, 1.807) is 7.11 Å². The molecule has 5 nitrogen and oxygen atoms in total. The fourth-order valence-electron chi connectivity index (χ4n) is 2.79. The van der Waals surface area contributed by atoms with Gasteiger partial charge in [0, 0.05) is 13.2 Å². The van der Waals surface area contributed by atoms with Gasteiger partial charge in [-0.3, -0.25) is 0 Å². The van der Waals surface area contributed by atoms with Gasteiger partial charge in [-0.2, -0.15) is 0 Å². The third-order valence-corrected chi connectivity index (χ3v) is 4.12. The Morgan fingerprint density at radius 2 is 1.79 bits per heavy atom. The van der Waals surface area contributed by atoms with Gasteiger partial charge >= 0.3 is 0 Å². The standard InChI is InChI=1S/C18H29N3O2.HI/c1-22-12-13-23-17-10-8-15(9-11-17)14-20-18(19)21-16-6-4-2-3-5-7-16;/h8-11,16H,2-7,12-14H2,1H3,(H3,19,20,21);1H. The molecule has 24 heavy (non-hydrogen) atoms. The van der Waals surface area contributed by atoms with E-state index in [0.29, 0.717) is 31.8 Å². The van der Waals surface area contributed by atoms with E-state index in [1.165, 1.54) is 38.5 Å². The number of nitrogens with zero attached hydrogens (tertiary/aromatic N) is 1. The molecule has 2 rings (SSSR count). The Labute approximate surface area is 162 Å². The average Bonchev–Trinajstić information content (AvgIpc) is 2.83. The fourth-order valence-corrected chi connectivity index (χ4v) is 2.79. The molecule has 0 aliphatic heterocycles. The molecule has 1 aliphatic rings. The lowest BCUT2D eigenvalue weighted by Gasteiger charge is -2.16. The van der Waals surface area contributed by atoms with Gasteiger partial charge in [0.2, 0.25) is 0 Å². The van der Waals surface area contributed by atoms with Crippen LogP contribution in [0.2, 0.25) is 0 Å². The van der Waals surface area contributed by atoms with Crippen molar-refractivity contribution in [2.45, 2.75) is 51.1 Å². The molecule has 6 heteroatoms. The lowest BCUT2D eigenvalue weighted by molar-refractivity contribution is 0.146. The number of hydrogen-bond acceptors (Lipinski definition) is 3. The summed E-state index contributed by atoms with van der Waals surface area (Å²) < 4.78 is 10.5. The van der Waals surface area contributed by atoms with Gasteiger partial charge in [0.15, 0.2) is 5.96 Å². The highest BCUT2D eigenvalue weighted by Gasteiger charge is 2.12. The molecule has 1 saturated carbocycles. The fraction of sp³-hybridized carbons (Fsp3) is 0.611. The maximum Gasteiger partial charge on any atom is 0.189 e. The quantitative estimate of drug-likeness (QED) is 0.221. The van der Waals surface area contributed by atoms with E-state index < -0.39 is 0 Å². The number of guanidine groups is 1. The minimum atomic E-state index is 0. The van der Waals surface area contributed by atoms with Crippen LogP contribution in [0.1, 0.15) is 44.1 Å². The van der Waals surface area contributed by atoms with Crippen molar-refractivity contribution in [3.63, 3.8) is 0 Å². The number of aliphatic imine (C=N–C) groups is 1. The minimum absolute atomic E-state index is 0. The molecule has 0 bridgehead atoms. The first-order valence-corrected chi connectivity index (χ1v) is 8.55. The van der Waals surface area contributed by atoms with E-state index >= 15 is 0 Å². The Hall–Kier alpha value is -1.02. The van der Waals surface area contributed by atoms with E-state index in [1.807, 2.05) is 24.3 Å². The maximum absolute atomic E-state index is 6.01. The highest BCUT2D eigenvalue weighted by molar-refractivity contribution is 14.0. The van der Waals surface area contributed by atoms with Crippen LogP contribution in [0.4, 0.5) is 0 Å². The molecule has 0 atom stereocenters. The van der Waals surface area contributed by atoms with Gasteiger partial charge < -0.3 is 20.5 Å². The minimum Gasteiger partial charge on any atom is -0.491 e. The molecule has 0 amide bonds. The summed E-state index contributed by atoms with van der Waals surface area (Å²) in [5.74, 6) is 1.40. The number of rotatable bonds is 7. The monoisotopic (exact) mass is 447 g/mol. The van der Waals surface area contributed by atoms with Crippen molar-refractivity contribution in [1.82, 2.24) is 5.32 Å². The van der Waals surface area contributed by atoms with Crippen LogP contribution >= 0.6 is 24.0 Å². The Morgan fingerprint density at radius 3 is 2.42 bits per heavy atom. The van der Waals surface area contributed by atoms with Crippen LogP contribution in [-0.2, 0) is 11.3 Å². The molecule has 3 N–H and O–H groups in total. The van der Waals surface area contributed by atoms with Crippen LogP contribution in [0.5, 0.6) is 5.75 Å². The van der Waals surface area contributed by atoms with Gasteiger partial charge in [0.25, 0.3) is 0 Å². The van der Waals surface area contributed by atoms with E-state index in [0.717, 1.165) is 11.3 Å². The van der Waals surface area contributed by atoms with Gasteiger partial charge in [0.1, 0.15) is 12.4 Å². The van der Waals surface area contributed by atoms with Crippen molar-refractivity contribution in [2.75, 3.05) is 20.3 Å². The molecule has 0 heterocycles. The summed E-state index contributed by atoms with van der Waals surface area (Å²) in [5.41, 5.74) is 7.13. The number of hydrogen-bond donors (Lipinski definition) is 2. The van der Waals surface area contributed by atoms with Gasteiger partial charge in [-0.25, -0.2) is 4.99 Å². The predicted octanol–water partition coefficient (Wildman–Crippen LogP) is 3.46. The third kappa shape index (κ3) is 8.19. The molecule has 1 fully saturated rings. The van der Waals surface area contributed by atoms with Crippen molar-refractivity contribution in [3.05, 3.63) is 29.8 Å². The molecule has 0 spiro atoms. The van der Waals surface area contributed by atoms with Crippen molar-refractivity contribution < 1.29 is 9.47 Å². The summed E-state index contributed by atoms with van der Waals surface area (Å²) in [6.45, 7) is 1.74. The van der Waals surface area contributed by atoms with Crippen LogP contribution in [0.25, 0.3) is 0 Å². The molecule has 0 unspecified atom stereocenters. The number of benzene rings is 1. The van der Waals surface area contributed by atoms with E-state index in [9.17, 15) is 0 Å². The molecular weight excluding hydrogens is 417 g/mol. The van der Waals surface area contributed by atoms with Crippen LogP contribution in [-0.4, -0.2) is 32.3 Å². The zero-order valence-electron chi connectivity index (χ0n) is 14.5. The molecular formula is C18H30IN3O2. The van der Waals surface area contributed by atoms with Crippen LogP contribution in [0.15, 0.2) is 29.3 Å². The Kier molecular flexibility index (Phi) is 10.8. The lowest BCUT2D eigenvalue weighted by Crippen LogP contribution is -2.39. The molecule has 0 radical (unpaired) electrons. The highest BCUT2D eigenvalue weighted by Crippen LogP contribution is 2.17. The molecule has 1 aromatic carbocycles. The van der Waals surface area contributed by atoms with E-state index in [4.69, 9.17) is 15.2 Å². The Morgan fingerprint density at radius 1 is 1.12 bits per heavy atom. The summed E-state index contributed by atoms with van der Waals surface area (Å²) in [6, 6.07) is 8.43. The first-order valence-electron chi connectivity index (χ1n) is 8.55. The first-order chi connectivity index (χ1) is 11.3. The number of nitrogens with one attached hydrogen (secondary N) is 1. The topological polar surface area (TPSA) is 68.9 Å². The van der Waals surface area contributed by atoms with Crippen LogP contribution in [0.3, 0.4) is 0 Å². The van der Waals surface area contributed by atoms with Gasteiger partial charge in [-0.15, -0.1) is 24.0 Å². The largest absolute Gasteiger partial charge is 0.491 e. The van der Waals surface area contributed by atoms with Crippen molar-refractivity contribution >= 4 is 29.9 Å². The number of ether oxygens (including phenoxy) is 2. The van der Waals surface area contributed by atoms with E-state index in [-0.39, 0.29) is 24.0 Å². The Bertz CT molecular complexity index is 472. The summed E-state index contributed by atoms with van der Waals surface area (Å²) in [4.78, 5) is 4.45. The van der Waals surface area contributed by atoms with Crippen LogP contribution in [0, 0.1) is 0 Å². The molecule has 136 valence electrons. The highest BCUT2D eigenvalue weighted by atomic mass is 127. The average molecular weight is 447 g/mol.